The number of amides is 1. The summed E-state index contributed by atoms with van der Waals surface area (Å²) < 4.78 is 30.9. The summed E-state index contributed by atoms with van der Waals surface area (Å²) in [5, 5.41) is 37.1. The van der Waals surface area contributed by atoms with Crippen LogP contribution in [0.15, 0.2) is 12.7 Å². The van der Waals surface area contributed by atoms with Gasteiger partial charge in [-0.15, -0.1) is 6.58 Å². The molecular weight excluding hydrogens is 612 g/mol. The molecule has 1 amide bonds. The third-order valence-corrected chi connectivity index (χ3v) is 9.73. The molecule has 2 fully saturated rings. The number of cyclic esters (lactones) is 1. The summed E-state index contributed by atoms with van der Waals surface area (Å²) in [7, 11) is 3.75. The average Bonchev–Trinajstić information content (AvgIpc) is 2.99. The number of aliphatic hydroxyl groups is 3. The zero-order valence-corrected chi connectivity index (χ0v) is 30.1. The first-order chi connectivity index (χ1) is 21.7. The Balaban J connectivity index is 2.72. The number of likely N-dealkylation sites (N-methyl/N-ethyl adjacent to an activating group) is 1. The van der Waals surface area contributed by atoms with Crippen molar-refractivity contribution in [1.29, 1.82) is 0 Å². The van der Waals surface area contributed by atoms with Crippen molar-refractivity contribution in [3.63, 3.8) is 0 Å². The van der Waals surface area contributed by atoms with Crippen LogP contribution in [0.2, 0.25) is 0 Å². The van der Waals surface area contributed by atoms with Crippen molar-refractivity contribution in [1.82, 2.24) is 10.2 Å². The normalized spacial score (nSPS) is 42.9. The molecule has 2 saturated heterocycles. The molecule has 13 nitrogen and oxygen atoms in total. The van der Waals surface area contributed by atoms with Gasteiger partial charge in [0, 0.05) is 18.9 Å². The number of ether oxygens (including phenoxy) is 5. The molecule has 0 aromatic carbocycles. The lowest BCUT2D eigenvalue weighted by molar-refractivity contribution is -0.304. The van der Waals surface area contributed by atoms with Crippen LogP contribution in [0, 0.1) is 17.8 Å². The molecule has 2 aliphatic heterocycles. The maximum absolute atomic E-state index is 13.5. The Kier molecular flexibility index (Phi) is 14.8. The Bertz CT molecular complexity index is 1070. The van der Waals surface area contributed by atoms with E-state index in [0.29, 0.717) is 6.42 Å². The van der Waals surface area contributed by atoms with Crippen LogP contribution in [0.4, 0.5) is 0 Å². The third kappa shape index (κ3) is 9.96. The second kappa shape index (κ2) is 17.0. The van der Waals surface area contributed by atoms with Crippen LogP contribution in [0.1, 0.15) is 81.6 Å². The lowest BCUT2D eigenvalue weighted by Crippen LogP contribution is -2.61. The Morgan fingerprint density at radius 1 is 1.13 bits per heavy atom. The highest BCUT2D eigenvalue weighted by atomic mass is 16.7. The summed E-state index contributed by atoms with van der Waals surface area (Å²) >= 11 is 0. The van der Waals surface area contributed by atoms with Crippen molar-refractivity contribution < 1.29 is 53.4 Å². The lowest BCUT2D eigenvalue weighted by atomic mass is 9.78. The zero-order valence-electron chi connectivity index (χ0n) is 30.1. The number of esters is 2. The summed E-state index contributed by atoms with van der Waals surface area (Å²) in [5.41, 5.74) is -3.22. The second-order valence-electron chi connectivity index (χ2n) is 14.2. The van der Waals surface area contributed by atoms with Crippen LogP contribution in [0.5, 0.6) is 0 Å². The van der Waals surface area contributed by atoms with Crippen molar-refractivity contribution in [2.45, 2.75) is 148 Å². The fourth-order valence-electron chi connectivity index (χ4n) is 6.94. The SMILES string of the molecule is C=CCO[C@]1(C)C[C@@H](C)NC(=O)[C@H](C)[C@@H](O)[C@](C)(O)[C@@H](CC)OC(=O)[C@H](C)[C@@H](O)[C@H](C)[C@H]1O[C@@H]1O[C@H](C)C[C@H](N(C)C)[C@H]1OC(C)=O. The third-order valence-electron chi connectivity index (χ3n) is 9.73. The van der Waals surface area contributed by atoms with Gasteiger partial charge in [0.05, 0.1) is 54.5 Å². The number of nitrogens with one attached hydrogen (secondary N) is 1. The number of rotatable bonds is 8. The minimum Gasteiger partial charge on any atom is -0.459 e. The fraction of sp³-hybridized carbons (Fsp3) is 0.853. The second-order valence-corrected chi connectivity index (χ2v) is 14.2. The van der Waals surface area contributed by atoms with E-state index in [2.05, 4.69) is 11.9 Å². The maximum Gasteiger partial charge on any atom is 0.311 e. The molecule has 13 heteroatoms. The predicted molar refractivity (Wildman–Crippen MR) is 174 cm³/mol. The monoisotopic (exact) mass is 672 g/mol. The molecule has 0 bridgehead atoms. The predicted octanol–water partition coefficient (Wildman–Crippen LogP) is 1.94. The molecule has 0 saturated carbocycles. The van der Waals surface area contributed by atoms with E-state index in [4.69, 9.17) is 23.7 Å². The summed E-state index contributed by atoms with van der Waals surface area (Å²) in [4.78, 5) is 41.1. The van der Waals surface area contributed by atoms with E-state index in [-0.39, 0.29) is 31.6 Å². The van der Waals surface area contributed by atoms with Crippen molar-refractivity contribution in [3.8, 4) is 0 Å². The van der Waals surface area contributed by atoms with Gasteiger partial charge in [-0.05, 0) is 68.0 Å². The summed E-state index contributed by atoms with van der Waals surface area (Å²) in [5.74, 6) is -4.85. The Hall–Kier alpha value is -2.13. The van der Waals surface area contributed by atoms with Gasteiger partial charge in [0.15, 0.2) is 12.4 Å². The van der Waals surface area contributed by atoms with E-state index in [0.717, 1.165) is 0 Å². The van der Waals surface area contributed by atoms with Crippen molar-refractivity contribution in [3.05, 3.63) is 12.7 Å². The van der Waals surface area contributed by atoms with Gasteiger partial charge in [0.25, 0.3) is 0 Å². The Morgan fingerprint density at radius 3 is 2.28 bits per heavy atom. The van der Waals surface area contributed by atoms with Crippen LogP contribution in [0.3, 0.4) is 0 Å². The quantitative estimate of drug-likeness (QED) is 0.218. The summed E-state index contributed by atoms with van der Waals surface area (Å²) in [6.45, 7) is 18.3. The molecule has 272 valence electrons. The number of hydrogen-bond acceptors (Lipinski definition) is 12. The first-order valence-corrected chi connectivity index (χ1v) is 16.7. The fourth-order valence-corrected chi connectivity index (χ4v) is 6.94. The molecule has 0 aliphatic carbocycles. The molecular formula is C34H60N2O11. The van der Waals surface area contributed by atoms with Gasteiger partial charge < -0.3 is 49.2 Å². The van der Waals surface area contributed by atoms with Gasteiger partial charge in [0.2, 0.25) is 5.91 Å². The average molecular weight is 673 g/mol. The largest absolute Gasteiger partial charge is 0.459 e. The topological polar surface area (TPSA) is 173 Å². The smallest absolute Gasteiger partial charge is 0.311 e. The van der Waals surface area contributed by atoms with Crippen molar-refractivity contribution in [2.75, 3.05) is 20.7 Å². The maximum atomic E-state index is 13.5. The van der Waals surface area contributed by atoms with Crippen LogP contribution < -0.4 is 5.32 Å². The molecule has 0 radical (unpaired) electrons. The first kappa shape index (κ1) is 41.0. The van der Waals surface area contributed by atoms with E-state index in [1.54, 1.807) is 33.8 Å². The Labute approximate surface area is 280 Å². The molecule has 0 unspecified atom stereocenters. The first-order valence-electron chi connectivity index (χ1n) is 16.7. The van der Waals surface area contributed by atoms with Gasteiger partial charge in [-0.25, -0.2) is 0 Å². The molecule has 2 heterocycles. The van der Waals surface area contributed by atoms with Gasteiger partial charge in [-0.2, -0.15) is 0 Å². The number of nitrogens with zero attached hydrogens (tertiary/aromatic N) is 1. The van der Waals surface area contributed by atoms with Crippen molar-refractivity contribution in [2.24, 2.45) is 17.8 Å². The standard InChI is InChI=1S/C34H60N2O11/c1-13-15-43-33(9)17-18(3)35-30(40)22(7)28(39)34(10,42)25(14-2)46-31(41)21(6)26(38)20(5)29(33)47-32-27(45-23(8)37)24(36(11)12)16-19(4)44-32/h13,18-22,24-29,32,38-39,42H,1,14-17H2,2-12H3,(H,35,40)/t18-,19-,20+,21-,22-,24+,25-,26+,27-,28-,29-,32+,33-,34-/m1/s1. The molecule has 0 spiro atoms. The van der Waals surface area contributed by atoms with Gasteiger partial charge in [-0.1, -0.05) is 26.8 Å². The molecule has 0 aromatic rings. The van der Waals surface area contributed by atoms with E-state index in [9.17, 15) is 29.7 Å². The molecule has 47 heavy (non-hydrogen) atoms. The highest BCUT2D eigenvalue weighted by molar-refractivity contribution is 5.79. The van der Waals surface area contributed by atoms with Crippen LogP contribution in [0.25, 0.3) is 0 Å². The summed E-state index contributed by atoms with van der Waals surface area (Å²) in [6.07, 6.45) is -4.87. The molecule has 4 N–H and O–H groups in total. The van der Waals surface area contributed by atoms with E-state index >= 15 is 0 Å². The highest BCUT2D eigenvalue weighted by Crippen LogP contribution is 2.38. The van der Waals surface area contributed by atoms with E-state index in [1.807, 2.05) is 25.9 Å². The Morgan fingerprint density at radius 2 is 1.74 bits per heavy atom. The highest BCUT2D eigenvalue weighted by Gasteiger charge is 2.51. The van der Waals surface area contributed by atoms with Gasteiger partial charge >= 0.3 is 11.9 Å². The molecule has 2 aliphatic rings. The zero-order chi connectivity index (χ0) is 36.0. The number of carbonyl (C=O) groups excluding carboxylic acids is 3. The van der Waals surface area contributed by atoms with Crippen LogP contribution >= 0.6 is 0 Å². The number of aliphatic hydroxyl groups excluding tert-OH is 2. The molecule has 14 atom stereocenters. The van der Waals surface area contributed by atoms with Gasteiger partial charge in [-0.3, -0.25) is 14.4 Å². The minimum absolute atomic E-state index is 0.0865. The van der Waals surface area contributed by atoms with E-state index in [1.165, 1.54) is 27.7 Å². The van der Waals surface area contributed by atoms with Crippen molar-refractivity contribution >= 4 is 17.8 Å². The molecule has 2 rings (SSSR count). The van der Waals surface area contributed by atoms with E-state index < -0.39 is 89.7 Å². The lowest BCUT2D eigenvalue weighted by Gasteiger charge is -2.48. The van der Waals surface area contributed by atoms with Gasteiger partial charge in [0.1, 0.15) is 11.7 Å². The number of hydrogen-bond donors (Lipinski definition) is 4. The summed E-state index contributed by atoms with van der Waals surface area (Å²) in [6, 6.07) is -0.811. The minimum atomic E-state index is -1.97. The molecule has 0 aromatic heterocycles. The van der Waals surface area contributed by atoms with Crippen LogP contribution in [-0.4, -0.2) is 125 Å². The van der Waals surface area contributed by atoms with Crippen LogP contribution in [-0.2, 0) is 38.1 Å². The number of carbonyl (C=O) groups is 3.